The fourth-order valence-corrected chi connectivity index (χ4v) is 5.47. The zero-order chi connectivity index (χ0) is 23.9. The van der Waals surface area contributed by atoms with E-state index in [2.05, 4.69) is 11.4 Å². The first-order valence-corrected chi connectivity index (χ1v) is 11.2. The summed E-state index contributed by atoms with van der Waals surface area (Å²) in [5.41, 5.74) is 10.2. The maximum atomic E-state index is 13.9. The molecule has 0 bridgehead atoms. The molecule has 7 rings (SSSR count). The monoisotopic (exact) mass is 455 g/mol. The largest absolute Gasteiger partial charge is 0.439 e. The van der Waals surface area contributed by atoms with Crippen LogP contribution in [0.3, 0.4) is 0 Å². The topological polar surface area (TPSA) is 114 Å². The number of rotatable bonds is 0. The molecule has 0 fully saturated rings. The van der Waals surface area contributed by atoms with Crippen LogP contribution in [0.15, 0.2) is 78.2 Å². The van der Waals surface area contributed by atoms with Crippen molar-refractivity contribution in [3.63, 3.8) is 0 Å². The number of hydrogen-bond acceptors (Lipinski definition) is 6. The number of nitrogens with two attached hydrogens (primary N) is 1. The van der Waals surface area contributed by atoms with Gasteiger partial charge in [0.25, 0.3) is 0 Å². The number of anilines is 1. The van der Waals surface area contributed by atoms with Gasteiger partial charge in [0, 0.05) is 27.6 Å². The highest BCUT2D eigenvalue weighted by atomic mass is 16.5. The number of aromatic nitrogens is 2. The minimum Gasteiger partial charge on any atom is -0.439 e. The molecule has 1 aromatic heterocycles. The lowest BCUT2D eigenvalue weighted by Crippen LogP contribution is -2.42. The maximum Gasteiger partial charge on any atom is 0.245 e. The van der Waals surface area contributed by atoms with Crippen LogP contribution in [0.2, 0.25) is 0 Å². The molecule has 1 amide bonds. The second-order valence-corrected chi connectivity index (χ2v) is 8.87. The molecule has 5 aromatic rings. The van der Waals surface area contributed by atoms with Gasteiger partial charge < -0.3 is 15.8 Å². The Kier molecular flexibility index (Phi) is 3.65. The van der Waals surface area contributed by atoms with E-state index in [4.69, 9.17) is 20.4 Å². The van der Waals surface area contributed by atoms with Crippen molar-refractivity contribution in [3.8, 4) is 11.8 Å². The quantitative estimate of drug-likeness (QED) is 0.261. The van der Waals surface area contributed by atoms with Crippen LogP contribution in [0.4, 0.5) is 5.69 Å². The number of nitrogens with zero attached hydrogens (tertiary/aromatic N) is 3. The number of ether oxygens (including phenoxy) is 1. The van der Waals surface area contributed by atoms with Crippen molar-refractivity contribution in [2.24, 2.45) is 5.73 Å². The molecule has 0 aliphatic carbocycles. The Balaban J connectivity index is 1.77. The van der Waals surface area contributed by atoms with Gasteiger partial charge in [0.2, 0.25) is 11.8 Å². The normalized spacial score (nSPS) is 18.5. The summed E-state index contributed by atoms with van der Waals surface area (Å²) < 4.78 is 6.13. The zero-order valence-corrected chi connectivity index (χ0v) is 18.6. The fourth-order valence-electron chi connectivity index (χ4n) is 5.47. The Morgan fingerprint density at radius 1 is 0.971 bits per heavy atom. The number of fused-ring (bicyclic) bond motifs is 10. The highest BCUT2D eigenvalue weighted by Crippen LogP contribution is 2.56. The zero-order valence-electron chi connectivity index (χ0n) is 18.6. The summed E-state index contributed by atoms with van der Waals surface area (Å²) in [4.78, 5) is 23.9. The second-order valence-electron chi connectivity index (χ2n) is 8.87. The smallest absolute Gasteiger partial charge is 0.245 e. The Morgan fingerprint density at radius 3 is 2.54 bits per heavy atom. The van der Waals surface area contributed by atoms with Gasteiger partial charge >= 0.3 is 0 Å². The standard InChI is InChI=1S/C28H17N5O2/c1-14-10-11-20-21(12-14)32-23-15-6-2-3-7-16(15)25-22(24(23)31-20)28(18(13-29)26(30)35-25)17-8-4-5-9-19(17)33-27(28)34/h2-12H,30H2,1H3,(H,33,34). The molecular formula is C28H17N5O2. The van der Waals surface area contributed by atoms with Crippen LogP contribution in [0.25, 0.3) is 32.8 Å². The van der Waals surface area contributed by atoms with Crippen LogP contribution in [-0.2, 0) is 10.2 Å². The first-order chi connectivity index (χ1) is 17.0. The van der Waals surface area contributed by atoms with E-state index in [9.17, 15) is 10.1 Å². The van der Waals surface area contributed by atoms with Crippen LogP contribution in [0.5, 0.6) is 5.75 Å². The highest BCUT2D eigenvalue weighted by molar-refractivity contribution is 6.19. The van der Waals surface area contributed by atoms with Gasteiger partial charge in [0.05, 0.1) is 22.1 Å². The molecule has 1 atom stereocenters. The van der Waals surface area contributed by atoms with Gasteiger partial charge in [-0.1, -0.05) is 48.5 Å². The van der Waals surface area contributed by atoms with Gasteiger partial charge in [-0.25, -0.2) is 9.97 Å². The first kappa shape index (κ1) is 19.5. The third-order valence-corrected chi connectivity index (χ3v) is 6.95. The van der Waals surface area contributed by atoms with E-state index in [0.717, 1.165) is 21.9 Å². The molecule has 7 nitrogen and oxygen atoms in total. The SMILES string of the molecule is Cc1ccc2nc3c4c(c5ccccc5c3nc2c1)OC(N)=C(C#N)C41C(=O)Nc2ccccc21. The molecule has 7 heteroatoms. The van der Waals surface area contributed by atoms with Crippen molar-refractivity contribution < 1.29 is 9.53 Å². The number of benzene rings is 4. The highest BCUT2D eigenvalue weighted by Gasteiger charge is 2.58. The minimum absolute atomic E-state index is 0.0369. The van der Waals surface area contributed by atoms with Gasteiger partial charge in [0.1, 0.15) is 22.8 Å². The van der Waals surface area contributed by atoms with E-state index < -0.39 is 5.41 Å². The predicted molar refractivity (Wildman–Crippen MR) is 133 cm³/mol. The summed E-state index contributed by atoms with van der Waals surface area (Å²) in [6.45, 7) is 2.01. The summed E-state index contributed by atoms with van der Waals surface area (Å²) in [6, 6.07) is 23.1. The van der Waals surface area contributed by atoms with Gasteiger partial charge in [-0.2, -0.15) is 5.26 Å². The molecule has 0 saturated heterocycles. The molecular weight excluding hydrogens is 438 g/mol. The number of amides is 1. The number of aryl methyl sites for hydroxylation is 1. The van der Waals surface area contributed by atoms with Gasteiger partial charge in [-0.3, -0.25) is 4.79 Å². The molecule has 35 heavy (non-hydrogen) atoms. The first-order valence-electron chi connectivity index (χ1n) is 11.2. The number of hydrogen-bond donors (Lipinski definition) is 2. The number of nitrogens with one attached hydrogen (secondary N) is 1. The Morgan fingerprint density at radius 2 is 1.71 bits per heavy atom. The summed E-state index contributed by atoms with van der Waals surface area (Å²) in [5.74, 6) is -0.0527. The van der Waals surface area contributed by atoms with E-state index in [1.807, 2.05) is 73.7 Å². The molecule has 3 heterocycles. The second kappa shape index (κ2) is 6.55. The lowest BCUT2D eigenvalue weighted by atomic mass is 9.68. The number of carbonyl (C=O) groups excluding carboxylic acids is 1. The molecule has 3 N–H and O–H groups in total. The van der Waals surface area contributed by atoms with Crippen molar-refractivity contribution in [1.82, 2.24) is 9.97 Å². The van der Waals surface area contributed by atoms with Crippen LogP contribution < -0.4 is 15.8 Å². The Labute approximate surface area is 199 Å². The van der Waals surface area contributed by atoms with Gasteiger partial charge in [-0.05, 0) is 30.7 Å². The lowest BCUT2D eigenvalue weighted by Gasteiger charge is -2.35. The Hall–Kier alpha value is -4.96. The average Bonchev–Trinajstić information content (AvgIpc) is 3.15. The third kappa shape index (κ3) is 2.30. The van der Waals surface area contributed by atoms with E-state index in [-0.39, 0.29) is 17.4 Å². The minimum atomic E-state index is -1.52. The van der Waals surface area contributed by atoms with Crippen LogP contribution in [0.1, 0.15) is 16.7 Å². The van der Waals surface area contributed by atoms with Gasteiger partial charge in [0.15, 0.2) is 0 Å². The molecule has 2 aliphatic rings. The van der Waals surface area contributed by atoms with Crippen molar-refractivity contribution in [2.75, 3.05) is 5.32 Å². The van der Waals surface area contributed by atoms with Crippen LogP contribution in [0, 0.1) is 18.3 Å². The van der Waals surface area contributed by atoms with Crippen molar-refractivity contribution in [3.05, 3.63) is 94.9 Å². The average molecular weight is 455 g/mol. The molecule has 166 valence electrons. The van der Waals surface area contributed by atoms with Crippen molar-refractivity contribution >= 4 is 44.4 Å². The number of para-hydroxylation sites is 1. The van der Waals surface area contributed by atoms with Crippen molar-refractivity contribution in [2.45, 2.75) is 12.3 Å². The molecule has 1 unspecified atom stereocenters. The van der Waals surface area contributed by atoms with Crippen LogP contribution >= 0.6 is 0 Å². The number of nitriles is 1. The van der Waals surface area contributed by atoms with E-state index in [1.165, 1.54) is 0 Å². The number of carbonyl (C=O) groups is 1. The van der Waals surface area contributed by atoms with Crippen molar-refractivity contribution in [1.29, 1.82) is 5.26 Å². The summed E-state index contributed by atoms with van der Waals surface area (Å²) >= 11 is 0. The molecule has 0 radical (unpaired) electrons. The van der Waals surface area contributed by atoms with Crippen LogP contribution in [-0.4, -0.2) is 15.9 Å². The maximum absolute atomic E-state index is 13.9. The summed E-state index contributed by atoms with van der Waals surface area (Å²) in [6.07, 6.45) is 0. The molecule has 0 saturated carbocycles. The van der Waals surface area contributed by atoms with Gasteiger partial charge in [-0.15, -0.1) is 0 Å². The van der Waals surface area contributed by atoms with E-state index >= 15 is 0 Å². The molecule has 1 spiro atoms. The molecule has 4 aromatic carbocycles. The predicted octanol–water partition coefficient (Wildman–Crippen LogP) is 4.57. The fraction of sp³-hybridized carbons (Fsp3) is 0.0714. The molecule has 2 aliphatic heterocycles. The van der Waals surface area contributed by atoms with E-state index in [0.29, 0.717) is 39.1 Å². The third-order valence-electron chi connectivity index (χ3n) is 6.95. The Bertz CT molecular complexity index is 1870. The summed E-state index contributed by atoms with van der Waals surface area (Å²) in [7, 11) is 0. The lowest BCUT2D eigenvalue weighted by molar-refractivity contribution is -0.118. The van der Waals surface area contributed by atoms with E-state index in [1.54, 1.807) is 0 Å². The summed E-state index contributed by atoms with van der Waals surface area (Å²) in [5, 5.41) is 14.8.